The van der Waals surface area contributed by atoms with E-state index < -0.39 is 6.04 Å². The van der Waals surface area contributed by atoms with Crippen molar-refractivity contribution in [3.05, 3.63) is 72.2 Å². The molecule has 1 aromatic carbocycles. The highest BCUT2D eigenvalue weighted by molar-refractivity contribution is 5.92. The summed E-state index contributed by atoms with van der Waals surface area (Å²) >= 11 is 0. The molecular weight excluding hydrogens is 506 g/mol. The monoisotopic (exact) mass is 539 g/mol. The number of hydrogen-bond donors (Lipinski definition) is 2. The Morgan fingerprint density at radius 3 is 2.65 bits per heavy atom. The summed E-state index contributed by atoms with van der Waals surface area (Å²) < 4.78 is 1.62. The van der Waals surface area contributed by atoms with E-state index in [2.05, 4.69) is 43.6 Å². The van der Waals surface area contributed by atoms with Crippen molar-refractivity contribution in [1.82, 2.24) is 34.9 Å². The summed E-state index contributed by atoms with van der Waals surface area (Å²) in [5.41, 5.74) is 1.92. The van der Waals surface area contributed by atoms with E-state index in [1.54, 1.807) is 73.7 Å². The molecule has 2 aromatic heterocycles. The quantitative estimate of drug-likeness (QED) is 0.216. The van der Waals surface area contributed by atoms with Crippen LogP contribution in [0.4, 0.5) is 11.6 Å². The maximum Gasteiger partial charge on any atom is 0.246 e. The molecule has 0 aliphatic rings. The van der Waals surface area contributed by atoms with Crippen molar-refractivity contribution in [2.45, 2.75) is 25.8 Å². The molecule has 2 heterocycles. The Morgan fingerprint density at radius 2 is 1.98 bits per heavy atom. The number of nitrogens with one attached hydrogen (secondary N) is 2. The van der Waals surface area contributed by atoms with Gasteiger partial charge in [-0.1, -0.05) is 17.9 Å². The van der Waals surface area contributed by atoms with Crippen molar-refractivity contribution < 1.29 is 9.59 Å². The van der Waals surface area contributed by atoms with Gasteiger partial charge in [-0.05, 0) is 57.8 Å². The third kappa shape index (κ3) is 8.79. The van der Waals surface area contributed by atoms with Crippen molar-refractivity contribution in [3.8, 4) is 23.7 Å². The third-order valence-electron chi connectivity index (χ3n) is 5.80. The van der Waals surface area contributed by atoms with Gasteiger partial charge in [0.15, 0.2) is 5.82 Å². The molecule has 1 unspecified atom stereocenters. The zero-order chi connectivity index (χ0) is 28.9. The van der Waals surface area contributed by atoms with Crippen molar-refractivity contribution >= 4 is 23.5 Å². The normalized spacial score (nSPS) is 11.4. The lowest BCUT2D eigenvalue weighted by atomic mass is 10.2. The zero-order valence-corrected chi connectivity index (χ0v) is 23.1. The number of nitriles is 1. The number of likely N-dealkylation sites (N-methyl/N-ethyl adjacent to an activating group) is 2. The molecule has 3 rings (SSSR count). The van der Waals surface area contributed by atoms with Crippen LogP contribution in [0.15, 0.2) is 61.1 Å². The zero-order valence-electron chi connectivity index (χ0n) is 23.1. The first kappa shape index (κ1) is 29.6. The summed E-state index contributed by atoms with van der Waals surface area (Å²) in [7, 11) is 5.45. The van der Waals surface area contributed by atoms with Crippen LogP contribution < -0.4 is 10.6 Å². The Bertz CT molecular complexity index is 1410. The third-order valence-corrected chi connectivity index (χ3v) is 5.80. The second-order valence-electron chi connectivity index (χ2n) is 9.18. The van der Waals surface area contributed by atoms with Crippen LogP contribution in [0.3, 0.4) is 0 Å². The van der Waals surface area contributed by atoms with Gasteiger partial charge in [-0.15, -0.1) is 0 Å². The highest BCUT2D eigenvalue weighted by atomic mass is 16.2. The van der Waals surface area contributed by atoms with Gasteiger partial charge in [0.05, 0.1) is 23.4 Å². The molecular formula is C29H33N9O2. The summed E-state index contributed by atoms with van der Waals surface area (Å²) in [6.07, 6.45) is 9.49. The molecule has 2 N–H and O–H groups in total. The van der Waals surface area contributed by atoms with Gasteiger partial charge in [-0.3, -0.25) is 9.59 Å². The number of rotatable bonds is 11. The van der Waals surface area contributed by atoms with Gasteiger partial charge < -0.3 is 20.4 Å². The van der Waals surface area contributed by atoms with Gasteiger partial charge in [0.2, 0.25) is 17.8 Å². The topological polar surface area (TPSA) is 132 Å². The van der Waals surface area contributed by atoms with Crippen LogP contribution in [-0.2, 0) is 9.59 Å². The highest BCUT2D eigenvalue weighted by Crippen LogP contribution is 2.17. The average molecular weight is 540 g/mol. The van der Waals surface area contributed by atoms with Crippen molar-refractivity contribution in [2.24, 2.45) is 0 Å². The van der Waals surface area contributed by atoms with E-state index in [1.165, 1.54) is 11.0 Å². The molecule has 206 valence electrons. The maximum atomic E-state index is 12.5. The molecule has 11 heteroatoms. The number of amides is 2. The molecule has 2 amide bonds. The Morgan fingerprint density at radius 1 is 1.20 bits per heavy atom. The van der Waals surface area contributed by atoms with E-state index >= 15 is 0 Å². The molecule has 40 heavy (non-hydrogen) atoms. The number of carbonyl (C=O) groups excluding carboxylic acids is 2. The molecule has 0 fully saturated rings. The predicted molar refractivity (Wildman–Crippen MR) is 153 cm³/mol. The Balaban J connectivity index is 1.55. The first-order valence-corrected chi connectivity index (χ1v) is 12.8. The number of nitrogens with zero attached hydrogens (tertiary/aromatic N) is 7. The lowest BCUT2D eigenvalue weighted by molar-refractivity contribution is -0.135. The minimum absolute atomic E-state index is 0.218. The molecule has 0 bridgehead atoms. The molecule has 0 saturated heterocycles. The van der Waals surface area contributed by atoms with Crippen LogP contribution in [0.1, 0.15) is 30.9 Å². The Hall–Kier alpha value is -5.00. The molecule has 0 aliphatic heterocycles. The van der Waals surface area contributed by atoms with E-state index in [4.69, 9.17) is 5.26 Å². The number of benzene rings is 1. The van der Waals surface area contributed by atoms with Gasteiger partial charge in [-0.2, -0.15) is 15.3 Å². The fraction of sp³-hybridized carbons (Fsp3) is 0.310. The molecule has 0 aliphatic carbocycles. The smallest absolute Gasteiger partial charge is 0.246 e. The first-order chi connectivity index (χ1) is 19.3. The number of aromatic nitrogens is 4. The second-order valence-corrected chi connectivity index (χ2v) is 9.18. The van der Waals surface area contributed by atoms with Crippen LogP contribution in [0.5, 0.6) is 0 Å². The van der Waals surface area contributed by atoms with Crippen molar-refractivity contribution in [1.29, 1.82) is 5.26 Å². The molecule has 1 atom stereocenters. The second kappa shape index (κ2) is 14.8. The highest BCUT2D eigenvalue weighted by Gasteiger charge is 2.20. The SMILES string of the molecule is CC(C(=O)NCCCC#Cc1cnc(Nc2ccc(C#N)cc2)nc1-n1cccn1)N(C)C(=O)C=CCN(C)C. The molecule has 11 nitrogen and oxygen atoms in total. The molecule has 0 radical (unpaired) electrons. The standard InChI is InChI=1S/C29H33N9O2/c1-22(37(4)26(39)11-8-18-36(2)3)28(40)31-16-7-5-6-10-24-21-32-29(35-27(24)38-19-9-17-33-38)34-25-14-12-23(20-30)13-15-25/h8-9,11-15,17,19,21-22H,5,7,16,18H2,1-4H3,(H,31,40)(H,32,34,35). The lowest BCUT2D eigenvalue weighted by Crippen LogP contribution is -2.45. The summed E-state index contributed by atoms with van der Waals surface area (Å²) in [6.45, 7) is 2.78. The molecule has 0 spiro atoms. The molecule has 0 saturated carbocycles. The van der Waals surface area contributed by atoms with Gasteiger partial charge >= 0.3 is 0 Å². The summed E-state index contributed by atoms with van der Waals surface area (Å²) in [4.78, 5) is 37.1. The van der Waals surface area contributed by atoms with E-state index in [1.807, 2.05) is 19.0 Å². The van der Waals surface area contributed by atoms with Crippen LogP contribution in [0, 0.1) is 23.2 Å². The van der Waals surface area contributed by atoms with Gasteiger partial charge in [0, 0.05) is 50.7 Å². The maximum absolute atomic E-state index is 12.5. The molecule has 3 aromatic rings. The predicted octanol–water partition coefficient (Wildman–Crippen LogP) is 2.49. The average Bonchev–Trinajstić information content (AvgIpc) is 3.49. The van der Waals surface area contributed by atoms with Gasteiger partial charge in [-0.25, -0.2) is 9.67 Å². The largest absolute Gasteiger partial charge is 0.354 e. The summed E-state index contributed by atoms with van der Waals surface area (Å²) in [6, 6.07) is 10.3. The van der Waals surface area contributed by atoms with E-state index in [0.29, 0.717) is 48.8 Å². The van der Waals surface area contributed by atoms with Crippen LogP contribution in [0.25, 0.3) is 5.82 Å². The first-order valence-electron chi connectivity index (χ1n) is 12.8. The van der Waals surface area contributed by atoms with Crippen LogP contribution in [0.2, 0.25) is 0 Å². The number of anilines is 2. The van der Waals surface area contributed by atoms with Crippen molar-refractivity contribution in [2.75, 3.05) is 39.5 Å². The summed E-state index contributed by atoms with van der Waals surface area (Å²) in [5.74, 6) is 6.67. The van der Waals surface area contributed by atoms with Gasteiger partial charge in [0.1, 0.15) is 6.04 Å². The van der Waals surface area contributed by atoms with Crippen molar-refractivity contribution in [3.63, 3.8) is 0 Å². The number of hydrogen-bond acceptors (Lipinski definition) is 8. The van der Waals surface area contributed by atoms with Crippen LogP contribution >= 0.6 is 0 Å². The minimum atomic E-state index is -0.590. The Kier molecular flexibility index (Phi) is 10.9. The Labute approximate surface area is 234 Å². The van der Waals surface area contributed by atoms with Gasteiger partial charge in [0.25, 0.3) is 0 Å². The van der Waals surface area contributed by atoms with E-state index in [0.717, 1.165) is 5.69 Å². The number of unbranched alkanes of at least 4 members (excludes halogenated alkanes) is 1. The van der Waals surface area contributed by atoms with E-state index in [9.17, 15) is 9.59 Å². The minimum Gasteiger partial charge on any atom is -0.354 e. The fourth-order valence-electron chi connectivity index (χ4n) is 3.39. The number of carbonyl (C=O) groups is 2. The van der Waals surface area contributed by atoms with E-state index in [-0.39, 0.29) is 11.8 Å². The van der Waals surface area contributed by atoms with Crippen LogP contribution in [-0.4, -0.2) is 81.6 Å². The fourth-order valence-corrected chi connectivity index (χ4v) is 3.39. The summed E-state index contributed by atoms with van der Waals surface area (Å²) in [5, 5.41) is 19.2. The lowest BCUT2D eigenvalue weighted by Gasteiger charge is -2.23.